The second-order valence-corrected chi connectivity index (χ2v) is 8.19. The Labute approximate surface area is 184 Å². The van der Waals surface area contributed by atoms with E-state index in [1.54, 1.807) is 23.0 Å². The van der Waals surface area contributed by atoms with Gasteiger partial charge in [0, 0.05) is 24.2 Å². The molecule has 0 bridgehead atoms. The minimum Gasteiger partial charge on any atom is -0.492 e. The van der Waals surface area contributed by atoms with Crippen LogP contribution in [0, 0.1) is 0 Å². The molecule has 8 nitrogen and oxygen atoms in total. The topological polar surface area (TPSA) is 103 Å². The van der Waals surface area contributed by atoms with E-state index < -0.39 is 5.54 Å². The normalized spacial score (nSPS) is 19.0. The number of carbonyl (C=O) groups is 1. The zero-order valence-corrected chi connectivity index (χ0v) is 17.4. The highest BCUT2D eigenvalue weighted by Crippen LogP contribution is 2.37. The zero-order valence-electron chi connectivity index (χ0n) is 16.7. The highest BCUT2D eigenvalue weighted by atomic mass is 35.5. The van der Waals surface area contributed by atoms with E-state index in [4.69, 9.17) is 26.8 Å². The first-order chi connectivity index (χ1) is 15.0. The largest absolute Gasteiger partial charge is 0.492 e. The Balaban J connectivity index is 1.24. The smallest absolute Gasteiger partial charge is 0.320 e. The minimum atomic E-state index is -0.402. The fourth-order valence-corrected chi connectivity index (χ4v) is 4.05. The van der Waals surface area contributed by atoms with Crippen molar-refractivity contribution in [1.82, 2.24) is 15.1 Å². The van der Waals surface area contributed by atoms with Gasteiger partial charge >= 0.3 is 6.03 Å². The van der Waals surface area contributed by atoms with Crippen LogP contribution in [-0.4, -0.2) is 35.6 Å². The number of amides is 2. The highest BCUT2D eigenvalue weighted by Gasteiger charge is 2.35. The lowest BCUT2D eigenvalue weighted by atomic mass is 9.89. The molecule has 0 saturated carbocycles. The molecule has 4 N–H and O–H groups in total. The van der Waals surface area contributed by atoms with Crippen LogP contribution in [0.1, 0.15) is 23.6 Å². The van der Waals surface area contributed by atoms with Crippen molar-refractivity contribution >= 4 is 23.4 Å². The maximum Gasteiger partial charge on any atom is 0.320 e. The fourth-order valence-electron chi connectivity index (χ4n) is 3.82. The number of aromatic nitrogens is 2. The van der Waals surface area contributed by atoms with E-state index in [0.29, 0.717) is 42.8 Å². The second kappa shape index (κ2) is 7.88. The molecule has 2 aliphatic rings. The van der Waals surface area contributed by atoms with Crippen LogP contribution in [-0.2, 0) is 10.3 Å². The molecule has 9 heteroatoms. The van der Waals surface area contributed by atoms with Crippen LogP contribution in [0.5, 0.6) is 5.75 Å². The first-order valence-corrected chi connectivity index (χ1v) is 10.4. The summed E-state index contributed by atoms with van der Waals surface area (Å²) in [6, 6.07) is 14.6. The van der Waals surface area contributed by atoms with Crippen molar-refractivity contribution in [1.29, 1.82) is 0 Å². The third kappa shape index (κ3) is 3.85. The van der Waals surface area contributed by atoms with Crippen molar-refractivity contribution in [3.05, 3.63) is 70.9 Å². The highest BCUT2D eigenvalue weighted by molar-refractivity contribution is 6.32. The standard InChI is InChI=1S/C22H22ClN5O3/c23-17-3-1-2-16-18(9-11-31-20(16)17)25-21(29)26-19-8-10-28(27-19)15-6-4-14(5-7-15)22(24)12-30-13-22/h1-8,10,18H,9,11-13,24H2,(H2,25,26,27,29)/t18-/m0/s1. The summed E-state index contributed by atoms with van der Waals surface area (Å²) in [4.78, 5) is 12.5. The molecule has 31 heavy (non-hydrogen) atoms. The summed E-state index contributed by atoms with van der Waals surface area (Å²) in [5.74, 6) is 1.07. The van der Waals surface area contributed by atoms with Crippen LogP contribution >= 0.6 is 11.6 Å². The van der Waals surface area contributed by atoms with E-state index in [1.165, 1.54) is 0 Å². The number of rotatable bonds is 4. The lowest BCUT2D eigenvalue weighted by Crippen LogP contribution is -2.54. The number of fused-ring (bicyclic) bond motifs is 1. The van der Waals surface area contributed by atoms with Gasteiger partial charge in [0.1, 0.15) is 5.75 Å². The molecule has 0 spiro atoms. The summed E-state index contributed by atoms with van der Waals surface area (Å²) < 4.78 is 12.6. The van der Waals surface area contributed by atoms with Crippen molar-refractivity contribution in [2.45, 2.75) is 18.0 Å². The van der Waals surface area contributed by atoms with E-state index >= 15 is 0 Å². The summed E-state index contributed by atoms with van der Waals surface area (Å²) in [6.45, 7) is 1.55. The quantitative estimate of drug-likeness (QED) is 0.578. The number of urea groups is 1. The summed E-state index contributed by atoms with van der Waals surface area (Å²) >= 11 is 6.20. The van der Waals surface area contributed by atoms with Crippen LogP contribution in [0.3, 0.4) is 0 Å². The van der Waals surface area contributed by atoms with E-state index in [1.807, 2.05) is 36.4 Å². The van der Waals surface area contributed by atoms with Crippen molar-refractivity contribution < 1.29 is 14.3 Å². The van der Waals surface area contributed by atoms with Gasteiger partial charge < -0.3 is 20.5 Å². The van der Waals surface area contributed by atoms with Gasteiger partial charge in [-0.25, -0.2) is 9.48 Å². The van der Waals surface area contributed by atoms with Crippen LogP contribution in [0.4, 0.5) is 10.6 Å². The molecule has 0 radical (unpaired) electrons. The number of para-hydroxylation sites is 1. The number of carbonyl (C=O) groups excluding carboxylic acids is 1. The Morgan fingerprint density at radius 2 is 2.00 bits per heavy atom. The molecule has 1 aromatic heterocycles. The van der Waals surface area contributed by atoms with Gasteiger partial charge in [-0.15, -0.1) is 5.10 Å². The molecular weight excluding hydrogens is 418 g/mol. The maximum atomic E-state index is 12.5. The number of ether oxygens (including phenoxy) is 2. The molecule has 1 saturated heterocycles. The van der Waals surface area contributed by atoms with Gasteiger partial charge in [-0.3, -0.25) is 5.32 Å². The number of nitrogens with one attached hydrogen (secondary N) is 2. The predicted molar refractivity (Wildman–Crippen MR) is 117 cm³/mol. The number of hydrogen-bond donors (Lipinski definition) is 3. The van der Waals surface area contributed by atoms with Gasteiger partial charge in [-0.2, -0.15) is 0 Å². The third-order valence-electron chi connectivity index (χ3n) is 5.59. The summed E-state index contributed by atoms with van der Waals surface area (Å²) in [5.41, 5.74) is 8.64. The number of halogens is 1. The van der Waals surface area contributed by atoms with E-state index in [-0.39, 0.29) is 12.1 Å². The maximum absolute atomic E-state index is 12.5. The lowest BCUT2D eigenvalue weighted by molar-refractivity contribution is -0.0569. The Morgan fingerprint density at radius 3 is 2.74 bits per heavy atom. The number of anilines is 1. The van der Waals surface area contributed by atoms with Crippen LogP contribution in [0.15, 0.2) is 54.7 Å². The molecule has 0 unspecified atom stereocenters. The van der Waals surface area contributed by atoms with Crippen LogP contribution in [0.25, 0.3) is 5.69 Å². The monoisotopic (exact) mass is 439 g/mol. The minimum absolute atomic E-state index is 0.184. The molecule has 2 amide bonds. The molecule has 2 aliphatic heterocycles. The van der Waals surface area contributed by atoms with Gasteiger partial charge in [0.05, 0.1) is 42.1 Å². The van der Waals surface area contributed by atoms with Crippen molar-refractivity contribution in [3.8, 4) is 11.4 Å². The molecule has 3 heterocycles. The first-order valence-electron chi connectivity index (χ1n) is 10.0. The van der Waals surface area contributed by atoms with Crippen LogP contribution in [0.2, 0.25) is 5.02 Å². The summed E-state index contributed by atoms with van der Waals surface area (Å²) in [7, 11) is 0. The summed E-state index contributed by atoms with van der Waals surface area (Å²) in [5, 5.41) is 10.7. The molecule has 0 aliphatic carbocycles. The third-order valence-corrected chi connectivity index (χ3v) is 5.89. The molecule has 2 aromatic carbocycles. The fraction of sp³-hybridized carbons (Fsp3) is 0.273. The van der Waals surface area contributed by atoms with E-state index in [9.17, 15) is 4.79 Å². The molecular formula is C22H22ClN5O3. The number of hydrogen-bond acceptors (Lipinski definition) is 5. The number of nitrogens with two attached hydrogens (primary N) is 1. The molecule has 1 fully saturated rings. The van der Waals surface area contributed by atoms with E-state index in [2.05, 4.69) is 15.7 Å². The Hall–Kier alpha value is -3.07. The van der Waals surface area contributed by atoms with E-state index in [0.717, 1.165) is 16.8 Å². The Morgan fingerprint density at radius 1 is 1.19 bits per heavy atom. The van der Waals surface area contributed by atoms with Gasteiger partial charge in [-0.1, -0.05) is 35.9 Å². The first kappa shape index (κ1) is 19.9. The van der Waals surface area contributed by atoms with Crippen molar-refractivity contribution in [2.24, 2.45) is 5.73 Å². The van der Waals surface area contributed by atoms with Crippen molar-refractivity contribution in [2.75, 3.05) is 25.1 Å². The second-order valence-electron chi connectivity index (χ2n) is 7.79. The average Bonchev–Trinajstić information content (AvgIpc) is 3.21. The van der Waals surface area contributed by atoms with Gasteiger partial charge in [-0.05, 0) is 23.8 Å². The Bertz CT molecular complexity index is 1110. The lowest BCUT2D eigenvalue weighted by Gasteiger charge is -2.38. The predicted octanol–water partition coefficient (Wildman–Crippen LogP) is 3.36. The zero-order chi connectivity index (χ0) is 21.4. The number of nitrogens with zero attached hydrogens (tertiary/aromatic N) is 2. The molecule has 3 aromatic rings. The molecule has 1 atom stereocenters. The van der Waals surface area contributed by atoms with Gasteiger partial charge in [0.2, 0.25) is 0 Å². The van der Waals surface area contributed by atoms with Crippen molar-refractivity contribution in [3.63, 3.8) is 0 Å². The Kier molecular flexibility index (Phi) is 5.05. The van der Waals surface area contributed by atoms with Gasteiger partial charge in [0.25, 0.3) is 0 Å². The van der Waals surface area contributed by atoms with Gasteiger partial charge in [0.15, 0.2) is 5.82 Å². The molecule has 5 rings (SSSR count). The summed E-state index contributed by atoms with van der Waals surface area (Å²) in [6.07, 6.45) is 2.45. The molecule has 160 valence electrons. The average molecular weight is 440 g/mol. The van der Waals surface area contributed by atoms with Crippen LogP contribution < -0.4 is 21.1 Å². The SMILES string of the molecule is NC1(c2ccc(-n3ccc(NC(=O)N[C@H]4CCOc5c(Cl)cccc54)n3)cc2)COC1. The number of benzene rings is 2.